The molecule has 4 nitrogen and oxygen atoms in total. The highest BCUT2D eigenvalue weighted by Crippen LogP contribution is 2.27. The highest BCUT2D eigenvalue weighted by atomic mass is 16.5. The van der Waals surface area contributed by atoms with Crippen molar-refractivity contribution in [1.82, 2.24) is 0 Å². The van der Waals surface area contributed by atoms with Crippen molar-refractivity contribution in [3.63, 3.8) is 0 Å². The molecule has 19 heavy (non-hydrogen) atoms. The number of rotatable bonds is 5. The maximum Gasteiger partial charge on any atom is 0.252 e. The standard InChI is InChI=1S/C15H15NO3/c1-2-18-14-9-8-12(10-13(14)15(16)17)19-11-6-4-3-5-7-11/h3-10H,2H2,1H3,(H2,16,17). The van der Waals surface area contributed by atoms with E-state index < -0.39 is 5.91 Å². The molecule has 98 valence electrons. The molecule has 0 saturated carbocycles. The third kappa shape index (κ3) is 3.25. The molecule has 0 spiro atoms. The van der Waals surface area contributed by atoms with Crippen LogP contribution in [-0.2, 0) is 0 Å². The number of nitrogens with two attached hydrogens (primary N) is 1. The van der Waals surface area contributed by atoms with Crippen molar-refractivity contribution < 1.29 is 14.3 Å². The molecular weight excluding hydrogens is 242 g/mol. The molecule has 0 unspecified atom stereocenters. The Bertz CT molecular complexity index is 567. The fraction of sp³-hybridized carbons (Fsp3) is 0.133. The van der Waals surface area contributed by atoms with E-state index in [9.17, 15) is 4.79 Å². The summed E-state index contributed by atoms with van der Waals surface area (Å²) in [7, 11) is 0. The van der Waals surface area contributed by atoms with Gasteiger partial charge in [-0.25, -0.2) is 0 Å². The van der Waals surface area contributed by atoms with Gasteiger partial charge in [-0.1, -0.05) is 18.2 Å². The van der Waals surface area contributed by atoms with Crippen LogP contribution in [0.1, 0.15) is 17.3 Å². The molecule has 0 radical (unpaired) electrons. The van der Waals surface area contributed by atoms with Crippen LogP contribution in [0.2, 0.25) is 0 Å². The molecule has 0 bridgehead atoms. The molecule has 4 heteroatoms. The Morgan fingerprint density at radius 2 is 1.84 bits per heavy atom. The zero-order valence-electron chi connectivity index (χ0n) is 10.6. The van der Waals surface area contributed by atoms with E-state index in [-0.39, 0.29) is 0 Å². The quantitative estimate of drug-likeness (QED) is 0.895. The maximum atomic E-state index is 11.4. The summed E-state index contributed by atoms with van der Waals surface area (Å²) in [4.78, 5) is 11.4. The van der Waals surface area contributed by atoms with Gasteiger partial charge in [0.1, 0.15) is 17.2 Å². The van der Waals surface area contributed by atoms with Gasteiger partial charge >= 0.3 is 0 Å². The van der Waals surface area contributed by atoms with Crippen molar-refractivity contribution in [2.75, 3.05) is 6.61 Å². The SMILES string of the molecule is CCOc1ccc(Oc2ccccc2)cc1C(N)=O. The molecule has 0 aliphatic rings. The summed E-state index contributed by atoms with van der Waals surface area (Å²) >= 11 is 0. The maximum absolute atomic E-state index is 11.4. The van der Waals surface area contributed by atoms with Crippen LogP contribution < -0.4 is 15.2 Å². The van der Waals surface area contributed by atoms with Crippen molar-refractivity contribution >= 4 is 5.91 Å². The number of carbonyl (C=O) groups is 1. The second-order valence-corrected chi connectivity index (χ2v) is 3.87. The van der Waals surface area contributed by atoms with Gasteiger partial charge in [0, 0.05) is 0 Å². The molecule has 0 saturated heterocycles. The van der Waals surface area contributed by atoms with E-state index in [0.717, 1.165) is 0 Å². The predicted octanol–water partition coefficient (Wildman–Crippen LogP) is 2.98. The largest absolute Gasteiger partial charge is 0.493 e. The lowest BCUT2D eigenvalue weighted by Crippen LogP contribution is -2.13. The zero-order chi connectivity index (χ0) is 13.7. The van der Waals surface area contributed by atoms with Gasteiger partial charge in [-0.2, -0.15) is 0 Å². The molecule has 0 aliphatic heterocycles. The Morgan fingerprint density at radius 1 is 1.11 bits per heavy atom. The first-order valence-corrected chi connectivity index (χ1v) is 6.00. The van der Waals surface area contributed by atoms with Crippen LogP contribution in [0, 0.1) is 0 Å². The molecule has 0 aromatic heterocycles. The third-order valence-corrected chi connectivity index (χ3v) is 2.50. The van der Waals surface area contributed by atoms with Crippen LogP contribution in [0.3, 0.4) is 0 Å². The van der Waals surface area contributed by atoms with Gasteiger partial charge in [-0.15, -0.1) is 0 Å². The van der Waals surface area contributed by atoms with Gasteiger partial charge in [-0.05, 0) is 37.3 Å². The van der Waals surface area contributed by atoms with Crippen LogP contribution in [0.4, 0.5) is 0 Å². The summed E-state index contributed by atoms with van der Waals surface area (Å²) in [5.74, 6) is 1.17. The van der Waals surface area contributed by atoms with Gasteiger partial charge in [-0.3, -0.25) is 4.79 Å². The summed E-state index contributed by atoms with van der Waals surface area (Å²) in [6.45, 7) is 2.32. The van der Waals surface area contributed by atoms with Crippen LogP contribution >= 0.6 is 0 Å². The zero-order valence-corrected chi connectivity index (χ0v) is 10.6. The lowest BCUT2D eigenvalue weighted by Gasteiger charge is -2.10. The van der Waals surface area contributed by atoms with Crippen molar-refractivity contribution in [2.45, 2.75) is 6.92 Å². The van der Waals surface area contributed by atoms with Crippen molar-refractivity contribution in [2.24, 2.45) is 5.73 Å². The van der Waals surface area contributed by atoms with Gasteiger partial charge in [0.05, 0.1) is 12.2 Å². The average Bonchev–Trinajstić information content (AvgIpc) is 2.42. The summed E-state index contributed by atoms with van der Waals surface area (Å²) in [5, 5.41) is 0. The van der Waals surface area contributed by atoms with E-state index in [1.807, 2.05) is 37.3 Å². The number of amides is 1. The minimum atomic E-state index is -0.540. The Morgan fingerprint density at radius 3 is 2.47 bits per heavy atom. The van der Waals surface area contributed by atoms with Crippen LogP contribution in [0.25, 0.3) is 0 Å². The van der Waals surface area contributed by atoms with E-state index in [2.05, 4.69) is 0 Å². The number of hydrogen-bond donors (Lipinski definition) is 1. The molecule has 0 atom stereocenters. The summed E-state index contributed by atoms with van der Waals surface area (Å²) in [6, 6.07) is 14.3. The van der Waals surface area contributed by atoms with Crippen molar-refractivity contribution in [3.05, 3.63) is 54.1 Å². The Labute approximate surface area is 111 Å². The number of para-hydroxylation sites is 1. The highest BCUT2D eigenvalue weighted by molar-refractivity contribution is 5.96. The molecule has 2 rings (SSSR count). The molecule has 2 N–H and O–H groups in total. The number of hydrogen-bond acceptors (Lipinski definition) is 3. The Balaban J connectivity index is 2.28. The number of benzene rings is 2. The second-order valence-electron chi connectivity index (χ2n) is 3.87. The van der Waals surface area contributed by atoms with Crippen molar-refractivity contribution in [1.29, 1.82) is 0 Å². The van der Waals surface area contributed by atoms with Crippen LogP contribution in [0.5, 0.6) is 17.2 Å². The van der Waals surface area contributed by atoms with Crippen molar-refractivity contribution in [3.8, 4) is 17.2 Å². The second kappa shape index (κ2) is 5.91. The highest BCUT2D eigenvalue weighted by Gasteiger charge is 2.11. The monoisotopic (exact) mass is 257 g/mol. The molecule has 1 amide bonds. The fourth-order valence-corrected chi connectivity index (χ4v) is 1.67. The van der Waals surface area contributed by atoms with E-state index in [1.54, 1.807) is 18.2 Å². The average molecular weight is 257 g/mol. The van der Waals surface area contributed by atoms with Gasteiger partial charge in [0.15, 0.2) is 0 Å². The van der Waals surface area contributed by atoms with Crippen LogP contribution in [0.15, 0.2) is 48.5 Å². The summed E-state index contributed by atoms with van der Waals surface area (Å²) in [5.41, 5.74) is 5.65. The first-order chi connectivity index (χ1) is 9.20. The van der Waals surface area contributed by atoms with Crippen LogP contribution in [-0.4, -0.2) is 12.5 Å². The molecule has 0 aliphatic carbocycles. The number of primary amides is 1. The Kier molecular flexibility index (Phi) is 4.03. The van der Waals surface area contributed by atoms with E-state index in [4.69, 9.17) is 15.2 Å². The van der Waals surface area contributed by atoms with Gasteiger partial charge in [0.2, 0.25) is 0 Å². The Hall–Kier alpha value is -2.49. The van der Waals surface area contributed by atoms with E-state index >= 15 is 0 Å². The molecule has 0 fully saturated rings. The molecule has 0 heterocycles. The number of ether oxygens (including phenoxy) is 2. The lowest BCUT2D eigenvalue weighted by atomic mass is 10.2. The predicted molar refractivity (Wildman–Crippen MR) is 72.6 cm³/mol. The van der Waals surface area contributed by atoms with E-state index in [0.29, 0.717) is 29.4 Å². The first-order valence-electron chi connectivity index (χ1n) is 6.00. The number of carbonyl (C=O) groups excluding carboxylic acids is 1. The summed E-state index contributed by atoms with van der Waals surface area (Å²) in [6.07, 6.45) is 0. The van der Waals surface area contributed by atoms with E-state index in [1.165, 1.54) is 0 Å². The first kappa shape index (κ1) is 13.0. The summed E-state index contributed by atoms with van der Waals surface area (Å²) < 4.78 is 11.0. The topological polar surface area (TPSA) is 61.6 Å². The molecule has 2 aromatic carbocycles. The fourth-order valence-electron chi connectivity index (χ4n) is 1.67. The van der Waals surface area contributed by atoms with Gasteiger partial charge < -0.3 is 15.2 Å². The minimum Gasteiger partial charge on any atom is -0.493 e. The third-order valence-electron chi connectivity index (χ3n) is 2.50. The molecule has 2 aromatic rings. The normalized spacial score (nSPS) is 9.95. The minimum absolute atomic E-state index is 0.315. The lowest BCUT2D eigenvalue weighted by molar-refractivity contribution is 0.0996. The molecular formula is C15H15NO3. The smallest absolute Gasteiger partial charge is 0.252 e. The van der Waals surface area contributed by atoms with Gasteiger partial charge in [0.25, 0.3) is 5.91 Å².